The van der Waals surface area contributed by atoms with Crippen LogP contribution in [0, 0.1) is 16.7 Å². The van der Waals surface area contributed by atoms with Crippen molar-refractivity contribution in [3.63, 3.8) is 0 Å². The predicted octanol–water partition coefficient (Wildman–Crippen LogP) is 4.20. The van der Waals surface area contributed by atoms with Gasteiger partial charge in [0.25, 0.3) is 0 Å². The van der Waals surface area contributed by atoms with Crippen LogP contribution in [0.1, 0.15) is 41.0 Å². The van der Waals surface area contributed by atoms with Crippen LogP contribution in [0.15, 0.2) is 70.8 Å². The lowest BCUT2D eigenvalue weighted by molar-refractivity contribution is -0.140. The first-order chi connectivity index (χ1) is 16.0. The third kappa shape index (κ3) is 3.93. The maximum Gasteiger partial charge on any atom is 0.232 e. The Labute approximate surface area is 202 Å². The molecule has 3 atom stereocenters. The largest absolute Gasteiger partial charge is 0.497 e. The molecule has 0 aromatic rings. The summed E-state index contributed by atoms with van der Waals surface area (Å²) in [5, 5.41) is 3.14. The molecule has 0 radical (unpaired) electrons. The van der Waals surface area contributed by atoms with Crippen molar-refractivity contribution in [2.75, 3.05) is 20.8 Å². The van der Waals surface area contributed by atoms with Gasteiger partial charge in [-0.2, -0.15) is 0 Å². The van der Waals surface area contributed by atoms with E-state index < -0.39 is 10.8 Å². The summed E-state index contributed by atoms with van der Waals surface area (Å²) in [7, 11) is 3.31. The highest BCUT2D eigenvalue weighted by Crippen LogP contribution is 2.44. The lowest BCUT2D eigenvalue weighted by Gasteiger charge is -2.46. The van der Waals surface area contributed by atoms with Gasteiger partial charge in [-0.15, -0.1) is 0 Å². The average Bonchev–Trinajstić information content (AvgIpc) is 2.80. The van der Waals surface area contributed by atoms with E-state index in [9.17, 15) is 9.59 Å². The van der Waals surface area contributed by atoms with E-state index in [1.807, 2.05) is 69.1 Å². The van der Waals surface area contributed by atoms with Crippen LogP contribution in [0.25, 0.3) is 0 Å². The molecule has 6 heteroatoms. The molecular weight excluding hydrogens is 428 g/mol. The van der Waals surface area contributed by atoms with E-state index in [0.29, 0.717) is 6.54 Å². The minimum atomic E-state index is -0.703. The highest BCUT2D eigenvalue weighted by atomic mass is 16.5. The van der Waals surface area contributed by atoms with Gasteiger partial charge in [0.2, 0.25) is 11.8 Å². The summed E-state index contributed by atoms with van der Waals surface area (Å²) in [6.07, 6.45) is 14.7. The highest BCUT2D eigenvalue weighted by molar-refractivity contribution is 5.89. The fourth-order valence-corrected chi connectivity index (χ4v) is 5.60. The van der Waals surface area contributed by atoms with Crippen LogP contribution in [-0.4, -0.2) is 49.6 Å². The molecule has 0 spiro atoms. The van der Waals surface area contributed by atoms with Crippen LogP contribution in [0.2, 0.25) is 0 Å². The predicted molar refractivity (Wildman–Crippen MR) is 132 cm³/mol. The van der Waals surface area contributed by atoms with Crippen LogP contribution >= 0.6 is 0 Å². The van der Waals surface area contributed by atoms with E-state index >= 15 is 0 Å². The molecule has 2 heterocycles. The Bertz CT molecular complexity index is 1080. The molecule has 0 aromatic carbocycles. The molecule has 2 aliphatic heterocycles. The van der Waals surface area contributed by atoms with Crippen molar-refractivity contribution in [1.29, 1.82) is 0 Å². The number of fused-ring (bicyclic) bond motifs is 2. The third-order valence-electron chi connectivity index (χ3n) is 7.48. The van der Waals surface area contributed by atoms with E-state index in [2.05, 4.69) is 18.3 Å². The smallest absolute Gasteiger partial charge is 0.232 e. The van der Waals surface area contributed by atoms with E-state index in [4.69, 9.17) is 9.47 Å². The van der Waals surface area contributed by atoms with Crippen molar-refractivity contribution in [2.24, 2.45) is 16.7 Å². The molecule has 182 valence electrons. The molecule has 0 saturated carbocycles. The number of ether oxygens (including phenoxy) is 2. The van der Waals surface area contributed by atoms with Gasteiger partial charge in [-0.1, -0.05) is 25.2 Å². The Balaban J connectivity index is 1.78. The van der Waals surface area contributed by atoms with Crippen LogP contribution < -0.4 is 5.32 Å². The SMILES string of the molecule is CCC(CN1C(=O)C(C)(C)C=C2C=C(OC)C=CC21)C1=C2C=C(OC)C=CC2NC(=O)C1(C)C. The molecule has 2 aliphatic carbocycles. The number of methoxy groups -OCH3 is 2. The highest BCUT2D eigenvalue weighted by Gasteiger charge is 2.46. The molecule has 1 N–H and O–H groups in total. The summed E-state index contributed by atoms with van der Waals surface area (Å²) in [6.45, 7) is 10.5. The zero-order valence-electron chi connectivity index (χ0n) is 21.3. The van der Waals surface area contributed by atoms with Crippen molar-refractivity contribution in [3.8, 4) is 0 Å². The van der Waals surface area contributed by atoms with E-state index in [-0.39, 0.29) is 29.8 Å². The summed E-state index contributed by atoms with van der Waals surface area (Å²) in [5.74, 6) is 1.65. The van der Waals surface area contributed by atoms with Crippen LogP contribution in [0.4, 0.5) is 0 Å². The summed E-state index contributed by atoms with van der Waals surface area (Å²) in [5.41, 5.74) is 1.89. The van der Waals surface area contributed by atoms with Gasteiger partial charge in [0.15, 0.2) is 0 Å². The standard InChI is InChI=1S/C28H36N2O4/c1-8-17(24-21-14-20(34-7)9-11-22(21)29-25(31)28(24,4)5)16-30-23-12-10-19(33-6)13-18(23)15-27(2,3)26(30)32/h9-15,17,22-23H,8,16H2,1-7H3,(H,29,31). The van der Waals surface area contributed by atoms with Crippen LogP contribution in [-0.2, 0) is 19.1 Å². The second kappa shape index (κ2) is 8.64. The van der Waals surface area contributed by atoms with Gasteiger partial charge in [0.1, 0.15) is 11.5 Å². The zero-order chi connectivity index (χ0) is 24.8. The summed E-state index contributed by atoms with van der Waals surface area (Å²) in [6, 6.07) is -0.332. The van der Waals surface area contributed by atoms with Crippen LogP contribution in [0.3, 0.4) is 0 Å². The van der Waals surface area contributed by atoms with E-state index in [0.717, 1.165) is 34.7 Å². The van der Waals surface area contributed by atoms with Gasteiger partial charge in [-0.25, -0.2) is 0 Å². The first kappa shape index (κ1) is 24.1. The van der Waals surface area contributed by atoms with Crippen LogP contribution in [0.5, 0.6) is 0 Å². The molecule has 0 fully saturated rings. The van der Waals surface area contributed by atoms with Crippen molar-refractivity contribution >= 4 is 11.8 Å². The minimum absolute atomic E-state index is 0.00438. The Hall–Kier alpha value is -3.02. The van der Waals surface area contributed by atoms with Gasteiger partial charge in [0.05, 0.1) is 37.1 Å². The summed E-state index contributed by atoms with van der Waals surface area (Å²) >= 11 is 0. The number of hydrogen-bond donors (Lipinski definition) is 1. The average molecular weight is 465 g/mol. The fourth-order valence-electron chi connectivity index (χ4n) is 5.60. The van der Waals surface area contributed by atoms with Crippen molar-refractivity contribution in [3.05, 3.63) is 70.8 Å². The van der Waals surface area contributed by atoms with Gasteiger partial charge in [-0.3, -0.25) is 9.59 Å². The van der Waals surface area contributed by atoms with E-state index in [1.54, 1.807) is 14.2 Å². The molecule has 0 saturated heterocycles. The number of hydrogen-bond acceptors (Lipinski definition) is 4. The molecule has 0 aromatic heterocycles. The third-order valence-corrected chi connectivity index (χ3v) is 7.48. The second-order valence-corrected chi connectivity index (χ2v) is 10.5. The van der Waals surface area contributed by atoms with E-state index in [1.165, 1.54) is 0 Å². The maximum atomic E-state index is 13.7. The molecule has 4 aliphatic rings. The summed E-state index contributed by atoms with van der Waals surface area (Å²) < 4.78 is 11.0. The molecular formula is C28H36N2O4. The lowest BCUT2D eigenvalue weighted by Crippen LogP contribution is -2.55. The van der Waals surface area contributed by atoms with Crippen molar-refractivity contribution in [2.45, 2.75) is 53.1 Å². The van der Waals surface area contributed by atoms with Gasteiger partial charge in [-0.05, 0) is 81.1 Å². The fraction of sp³-hybridized carbons (Fsp3) is 0.500. The summed E-state index contributed by atoms with van der Waals surface area (Å²) in [4.78, 5) is 28.8. The molecule has 2 amide bonds. The normalized spacial score (nSPS) is 27.7. The van der Waals surface area contributed by atoms with Crippen molar-refractivity contribution in [1.82, 2.24) is 10.2 Å². The van der Waals surface area contributed by atoms with Gasteiger partial charge < -0.3 is 19.7 Å². The minimum Gasteiger partial charge on any atom is -0.497 e. The number of nitrogens with one attached hydrogen (secondary N) is 1. The number of allylic oxidation sites excluding steroid dienone is 2. The zero-order valence-corrected chi connectivity index (χ0v) is 21.3. The Morgan fingerprint density at radius 2 is 1.68 bits per heavy atom. The molecule has 0 bridgehead atoms. The topological polar surface area (TPSA) is 67.9 Å². The second-order valence-electron chi connectivity index (χ2n) is 10.5. The first-order valence-electron chi connectivity index (χ1n) is 12.0. The number of amides is 2. The number of nitrogens with zero attached hydrogens (tertiary/aromatic N) is 1. The first-order valence-corrected chi connectivity index (χ1v) is 12.0. The molecule has 6 nitrogen and oxygen atoms in total. The Morgan fingerprint density at radius 1 is 1.03 bits per heavy atom. The lowest BCUT2D eigenvalue weighted by atomic mass is 9.68. The molecule has 3 unspecified atom stereocenters. The molecule has 34 heavy (non-hydrogen) atoms. The maximum absolute atomic E-state index is 13.7. The monoisotopic (exact) mass is 464 g/mol. The van der Waals surface area contributed by atoms with Gasteiger partial charge in [0, 0.05) is 6.54 Å². The number of rotatable bonds is 6. The molecule has 4 rings (SSSR count). The number of carbonyl (C=O) groups excluding carboxylic acids is 2. The quantitative estimate of drug-likeness (QED) is 0.640. The number of carbonyl (C=O) groups is 2. The Morgan fingerprint density at radius 3 is 2.32 bits per heavy atom. The van der Waals surface area contributed by atoms with Crippen molar-refractivity contribution < 1.29 is 19.1 Å². The van der Waals surface area contributed by atoms with Gasteiger partial charge >= 0.3 is 0 Å². The Kier molecular flexibility index (Phi) is 6.13.